The molecule has 3 nitrogen and oxygen atoms in total. The number of fused-ring (bicyclic) bond motifs is 1. The smallest absolute Gasteiger partial charge is 0.0613 e. The van der Waals surface area contributed by atoms with Crippen molar-refractivity contribution in [2.45, 2.75) is 32.4 Å². The summed E-state index contributed by atoms with van der Waals surface area (Å²) in [4.78, 5) is 3.28. The normalized spacial score (nSPS) is 22.7. The highest BCUT2D eigenvalue weighted by Gasteiger charge is 2.25. The van der Waals surface area contributed by atoms with E-state index in [-0.39, 0.29) is 0 Å². The Bertz CT molecular complexity index is 581. The lowest BCUT2D eigenvalue weighted by Crippen LogP contribution is -2.27. The maximum Gasteiger partial charge on any atom is 0.0613 e. The fourth-order valence-electron chi connectivity index (χ4n) is 3.07. The monoisotopic (exact) mass is 292 g/mol. The van der Waals surface area contributed by atoms with Crippen molar-refractivity contribution in [3.05, 3.63) is 35.0 Å². The minimum absolute atomic E-state index is 0.435. The van der Waals surface area contributed by atoms with Gasteiger partial charge >= 0.3 is 0 Å². The molecule has 0 bridgehead atoms. The molecule has 2 N–H and O–H groups in total. The lowest BCUT2D eigenvalue weighted by Gasteiger charge is -2.17. The summed E-state index contributed by atoms with van der Waals surface area (Å²) in [6, 6.07) is 6.00. The van der Waals surface area contributed by atoms with Crippen LogP contribution >= 0.6 is 11.6 Å². The second kappa shape index (κ2) is 6.17. The predicted octanol–water partition coefficient (Wildman–Crippen LogP) is 3.73. The van der Waals surface area contributed by atoms with Gasteiger partial charge in [-0.2, -0.15) is 0 Å². The van der Waals surface area contributed by atoms with Gasteiger partial charge in [0, 0.05) is 41.8 Å². The number of aromatic nitrogens is 1. The van der Waals surface area contributed by atoms with Crippen molar-refractivity contribution in [3.63, 3.8) is 0 Å². The molecular formula is C16H21ClN2O. The number of nitrogens with one attached hydrogen (secondary N) is 2. The molecule has 4 heteroatoms. The highest BCUT2D eigenvalue weighted by Crippen LogP contribution is 2.24. The van der Waals surface area contributed by atoms with Crippen molar-refractivity contribution in [1.82, 2.24) is 10.3 Å². The second-order valence-corrected chi connectivity index (χ2v) is 5.94. The molecule has 1 aliphatic rings. The number of H-pyrrole nitrogens is 1. The van der Waals surface area contributed by atoms with Gasteiger partial charge in [0.15, 0.2) is 0 Å². The molecule has 20 heavy (non-hydrogen) atoms. The standard InChI is InChI=1S/C16H21ClN2O/c1-2-16-11(5-6-20-16)8-18-9-12-10-19-15-7-13(17)3-4-14(12)15/h3-4,7,10-11,16,18-19H,2,5-6,8-9H2,1H3. The zero-order valence-electron chi connectivity index (χ0n) is 11.8. The number of benzene rings is 1. The topological polar surface area (TPSA) is 37.0 Å². The minimum atomic E-state index is 0.435. The van der Waals surface area contributed by atoms with Crippen LogP contribution in [0.1, 0.15) is 25.3 Å². The van der Waals surface area contributed by atoms with Gasteiger partial charge in [-0.3, -0.25) is 0 Å². The second-order valence-electron chi connectivity index (χ2n) is 5.50. The largest absolute Gasteiger partial charge is 0.378 e. The number of aromatic amines is 1. The molecule has 0 radical (unpaired) electrons. The van der Waals surface area contributed by atoms with Crippen molar-refractivity contribution < 1.29 is 4.74 Å². The zero-order chi connectivity index (χ0) is 13.9. The van der Waals surface area contributed by atoms with Crippen molar-refractivity contribution >= 4 is 22.5 Å². The minimum Gasteiger partial charge on any atom is -0.378 e. The Kier molecular flexibility index (Phi) is 4.29. The van der Waals surface area contributed by atoms with Crippen molar-refractivity contribution in [1.29, 1.82) is 0 Å². The van der Waals surface area contributed by atoms with Gasteiger partial charge in [-0.1, -0.05) is 24.6 Å². The van der Waals surface area contributed by atoms with Crippen LogP contribution in [-0.2, 0) is 11.3 Å². The van der Waals surface area contributed by atoms with E-state index in [2.05, 4.69) is 29.5 Å². The van der Waals surface area contributed by atoms with Crippen LogP contribution < -0.4 is 5.32 Å². The Morgan fingerprint density at radius 3 is 3.20 bits per heavy atom. The van der Waals surface area contributed by atoms with E-state index in [1.54, 1.807) is 0 Å². The van der Waals surface area contributed by atoms with Gasteiger partial charge < -0.3 is 15.0 Å². The van der Waals surface area contributed by atoms with Crippen molar-refractivity contribution in [3.8, 4) is 0 Å². The third-order valence-corrected chi connectivity index (χ3v) is 4.44. The van der Waals surface area contributed by atoms with Gasteiger partial charge in [0.25, 0.3) is 0 Å². The summed E-state index contributed by atoms with van der Waals surface area (Å²) in [6.07, 6.45) is 4.79. The predicted molar refractivity (Wildman–Crippen MR) is 83.2 cm³/mol. The van der Waals surface area contributed by atoms with E-state index in [0.29, 0.717) is 12.0 Å². The summed E-state index contributed by atoms with van der Waals surface area (Å²) in [5.41, 5.74) is 2.40. The highest BCUT2D eigenvalue weighted by atomic mass is 35.5. The van der Waals surface area contributed by atoms with Gasteiger partial charge in [0.05, 0.1) is 6.10 Å². The Balaban J connectivity index is 1.60. The summed E-state index contributed by atoms with van der Waals surface area (Å²) in [7, 11) is 0. The summed E-state index contributed by atoms with van der Waals surface area (Å²) < 4.78 is 5.73. The molecular weight excluding hydrogens is 272 g/mol. The van der Waals surface area contributed by atoms with Gasteiger partial charge in [0.1, 0.15) is 0 Å². The molecule has 1 fully saturated rings. The average molecular weight is 293 g/mol. The highest BCUT2D eigenvalue weighted by molar-refractivity contribution is 6.31. The number of halogens is 1. The average Bonchev–Trinajstić information content (AvgIpc) is 3.05. The zero-order valence-corrected chi connectivity index (χ0v) is 12.5. The summed E-state index contributed by atoms with van der Waals surface area (Å²) >= 11 is 6.00. The lowest BCUT2D eigenvalue weighted by atomic mass is 9.99. The summed E-state index contributed by atoms with van der Waals surface area (Å²) in [5, 5.41) is 5.59. The van der Waals surface area contributed by atoms with Gasteiger partial charge in [0.2, 0.25) is 0 Å². The molecule has 3 rings (SSSR count). The Morgan fingerprint density at radius 2 is 2.35 bits per heavy atom. The first kappa shape index (κ1) is 13.9. The fourth-order valence-corrected chi connectivity index (χ4v) is 3.25. The molecule has 108 valence electrons. The van der Waals surface area contributed by atoms with Gasteiger partial charge in [-0.25, -0.2) is 0 Å². The quantitative estimate of drug-likeness (QED) is 0.881. The molecule has 1 aromatic carbocycles. The third-order valence-electron chi connectivity index (χ3n) is 4.20. The van der Waals surface area contributed by atoms with Crippen LogP contribution in [-0.4, -0.2) is 24.2 Å². The van der Waals surface area contributed by atoms with Crippen molar-refractivity contribution in [2.24, 2.45) is 5.92 Å². The molecule has 2 atom stereocenters. The van der Waals surface area contributed by atoms with E-state index in [1.165, 1.54) is 17.4 Å². The first-order valence-corrected chi connectivity index (χ1v) is 7.73. The van der Waals surface area contributed by atoms with Crippen LogP contribution in [0, 0.1) is 5.92 Å². The van der Waals surface area contributed by atoms with Crippen LogP contribution in [0.4, 0.5) is 0 Å². The first-order chi connectivity index (χ1) is 9.78. The molecule has 0 amide bonds. The lowest BCUT2D eigenvalue weighted by molar-refractivity contribution is 0.0872. The Hall–Kier alpha value is -1.03. The van der Waals surface area contributed by atoms with E-state index >= 15 is 0 Å². The Morgan fingerprint density at radius 1 is 1.45 bits per heavy atom. The Labute approximate surface area is 124 Å². The molecule has 0 saturated carbocycles. The summed E-state index contributed by atoms with van der Waals surface area (Å²) in [6.45, 7) is 5.02. The molecule has 2 aromatic rings. The number of rotatable bonds is 5. The van der Waals surface area contributed by atoms with Crippen molar-refractivity contribution in [2.75, 3.05) is 13.2 Å². The SMILES string of the molecule is CCC1OCCC1CNCc1c[nH]c2cc(Cl)ccc12. The summed E-state index contributed by atoms with van der Waals surface area (Å²) in [5.74, 6) is 0.652. The molecule has 1 aliphatic heterocycles. The van der Waals surface area contributed by atoms with Crippen LogP contribution in [0.3, 0.4) is 0 Å². The number of ether oxygens (including phenoxy) is 1. The maximum atomic E-state index is 6.00. The van der Waals surface area contributed by atoms with E-state index < -0.39 is 0 Å². The van der Waals surface area contributed by atoms with Crippen LogP contribution in [0.15, 0.2) is 24.4 Å². The van der Waals surface area contributed by atoms with Gasteiger partial charge in [-0.05, 0) is 36.5 Å². The van der Waals surface area contributed by atoms with Crippen LogP contribution in [0.2, 0.25) is 5.02 Å². The molecule has 2 unspecified atom stereocenters. The van der Waals surface area contributed by atoms with E-state index in [4.69, 9.17) is 16.3 Å². The molecule has 0 aliphatic carbocycles. The van der Waals surface area contributed by atoms with E-state index in [9.17, 15) is 0 Å². The molecule has 1 aromatic heterocycles. The molecule has 0 spiro atoms. The van der Waals surface area contributed by atoms with Crippen LogP contribution in [0.25, 0.3) is 10.9 Å². The molecule has 2 heterocycles. The number of hydrogen-bond donors (Lipinski definition) is 2. The molecule has 1 saturated heterocycles. The van der Waals surface area contributed by atoms with E-state index in [1.807, 2.05) is 12.1 Å². The van der Waals surface area contributed by atoms with E-state index in [0.717, 1.165) is 36.7 Å². The maximum absolute atomic E-state index is 6.00. The number of hydrogen-bond acceptors (Lipinski definition) is 2. The fraction of sp³-hybridized carbons (Fsp3) is 0.500. The van der Waals surface area contributed by atoms with Crippen LogP contribution in [0.5, 0.6) is 0 Å². The first-order valence-electron chi connectivity index (χ1n) is 7.35. The third kappa shape index (κ3) is 2.85. The van der Waals surface area contributed by atoms with Gasteiger partial charge in [-0.15, -0.1) is 0 Å².